The van der Waals surface area contributed by atoms with Crippen molar-refractivity contribution in [3.63, 3.8) is 0 Å². The van der Waals surface area contributed by atoms with Crippen molar-refractivity contribution in [2.45, 2.75) is 0 Å². The summed E-state index contributed by atoms with van der Waals surface area (Å²) in [6.45, 7) is 0. The topological polar surface area (TPSA) is 66.4 Å². The second-order valence-corrected chi connectivity index (χ2v) is 3.72. The van der Waals surface area contributed by atoms with Crippen LogP contribution in [0.15, 0.2) is 24.3 Å². The Labute approximate surface area is 106 Å². The Morgan fingerprint density at radius 1 is 1.24 bits per heavy atom. The van der Waals surface area contributed by atoms with Gasteiger partial charge in [0.2, 0.25) is 5.91 Å². The number of rotatable bonds is 3. The van der Waals surface area contributed by atoms with Crippen LogP contribution in [0.5, 0.6) is 0 Å². The van der Waals surface area contributed by atoms with Crippen LogP contribution in [0.2, 0.25) is 10.0 Å². The quantitative estimate of drug-likeness (QED) is 0.835. The summed E-state index contributed by atoms with van der Waals surface area (Å²) in [6.07, 6.45) is 1.44. The molecular formula is C10H6Cl2FNO3. The smallest absolute Gasteiger partial charge is 0.328 e. The van der Waals surface area contributed by atoms with Crippen molar-refractivity contribution in [3.05, 3.63) is 40.1 Å². The first-order chi connectivity index (χ1) is 7.90. The molecule has 0 heterocycles. The molecule has 2 N–H and O–H groups in total. The highest BCUT2D eigenvalue weighted by molar-refractivity contribution is 6.39. The molecule has 0 aromatic heterocycles. The molecule has 0 saturated carbocycles. The number of halogens is 3. The van der Waals surface area contributed by atoms with Gasteiger partial charge in [-0.1, -0.05) is 23.2 Å². The fourth-order valence-electron chi connectivity index (χ4n) is 0.973. The van der Waals surface area contributed by atoms with Crippen LogP contribution < -0.4 is 5.32 Å². The standard InChI is InChI=1S/C10H6Cl2FNO3/c11-6-3-5(13)4-7(12)10(6)14-8(15)1-2-9(16)17/h1-4H,(H,14,15)(H,16,17)/b2-1+. The van der Waals surface area contributed by atoms with Crippen LogP contribution in [0.3, 0.4) is 0 Å². The highest BCUT2D eigenvalue weighted by Crippen LogP contribution is 2.31. The fourth-order valence-corrected chi connectivity index (χ4v) is 1.53. The monoisotopic (exact) mass is 277 g/mol. The molecule has 1 aromatic rings. The molecule has 0 saturated heterocycles. The lowest BCUT2D eigenvalue weighted by atomic mass is 10.3. The number of aliphatic carboxylic acids is 1. The van der Waals surface area contributed by atoms with Crippen molar-refractivity contribution >= 4 is 40.8 Å². The van der Waals surface area contributed by atoms with Gasteiger partial charge >= 0.3 is 5.97 Å². The Balaban J connectivity index is 2.89. The van der Waals surface area contributed by atoms with Crippen LogP contribution in [0, 0.1) is 5.82 Å². The van der Waals surface area contributed by atoms with E-state index in [2.05, 4.69) is 5.32 Å². The molecule has 0 fully saturated rings. The molecule has 17 heavy (non-hydrogen) atoms. The minimum Gasteiger partial charge on any atom is -0.478 e. The van der Waals surface area contributed by atoms with Gasteiger partial charge in [-0.2, -0.15) is 0 Å². The van der Waals surface area contributed by atoms with E-state index in [1.807, 2.05) is 0 Å². The lowest BCUT2D eigenvalue weighted by Crippen LogP contribution is -2.09. The van der Waals surface area contributed by atoms with Crippen molar-refractivity contribution in [2.24, 2.45) is 0 Å². The average molecular weight is 278 g/mol. The normalized spacial score (nSPS) is 10.5. The molecule has 7 heteroatoms. The van der Waals surface area contributed by atoms with Gasteiger partial charge in [-0.15, -0.1) is 0 Å². The van der Waals surface area contributed by atoms with Gasteiger partial charge in [-0.25, -0.2) is 9.18 Å². The van der Waals surface area contributed by atoms with Crippen molar-refractivity contribution in [1.29, 1.82) is 0 Å². The summed E-state index contributed by atoms with van der Waals surface area (Å²) in [6, 6.07) is 1.95. The van der Waals surface area contributed by atoms with Gasteiger partial charge in [0.25, 0.3) is 0 Å². The third-order valence-corrected chi connectivity index (χ3v) is 2.23. The highest BCUT2D eigenvalue weighted by atomic mass is 35.5. The Morgan fingerprint density at radius 3 is 2.24 bits per heavy atom. The van der Waals surface area contributed by atoms with Gasteiger partial charge in [-0.05, 0) is 12.1 Å². The van der Waals surface area contributed by atoms with E-state index in [0.717, 1.165) is 18.2 Å². The first-order valence-corrected chi connectivity index (χ1v) is 5.02. The molecule has 90 valence electrons. The summed E-state index contributed by atoms with van der Waals surface area (Å²) in [5.74, 6) is -2.64. The number of carbonyl (C=O) groups is 2. The van der Waals surface area contributed by atoms with Crippen LogP contribution in [0.1, 0.15) is 0 Å². The number of hydrogen-bond acceptors (Lipinski definition) is 2. The molecular weight excluding hydrogens is 272 g/mol. The van der Waals surface area contributed by atoms with Crippen LogP contribution in [-0.2, 0) is 9.59 Å². The van der Waals surface area contributed by atoms with E-state index in [0.29, 0.717) is 6.08 Å². The minimum absolute atomic E-state index is 0.0229. The molecule has 0 aliphatic rings. The van der Waals surface area contributed by atoms with Crippen LogP contribution in [0.4, 0.5) is 10.1 Å². The number of nitrogens with one attached hydrogen (secondary N) is 1. The molecule has 0 bridgehead atoms. The van der Waals surface area contributed by atoms with E-state index in [1.165, 1.54) is 0 Å². The van der Waals surface area contributed by atoms with E-state index in [-0.39, 0.29) is 15.7 Å². The third-order valence-electron chi connectivity index (χ3n) is 1.63. The van der Waals surface area contributed by atoms with E-state index < -0.39 is 17.7 Å². The number of carbonyl (C=O) groups excluding carboxylic acids is 1. The van der Waals surface area contributed by atoms with E-state index in [4.69, 9.17) is 28.3 Å². The largest absolute Gasteiger partial charge is 0.478 e. The van der Waals surface area contributed by atoms with E-state index in [1.54, 1.807) is 0 Å². The summed E-state index contributed by atoms with van der Waals surface area (Å²) in [5.41, 5.74) is 0.0229. The van der Waals surface area contributed by atoms with Gasteiger partial charge in [-0.3, -0.25) is 4.79 Å². The maximum Gasteiger partial charge on any atom is 0.328 e. The van der Waals surface area contributed by atoms with Crippen molar-refractivity contribution in [1.82, 2.24) is 0 Å². The summed E-state index contributed by atoms with van der Waals surface area (Å²) in [7, 11) is 0. The van der Waals surface area contributed by atoms with Gasteiger partial charge in [0.05, 0.1) is 15.7 Å². The maximum absolute atomic E-state index is 12.8. The first-order valence-electron chi connectivity index (χ1n) is 4.26. The van der Waals surface area contributed by atoms with Crippen molar-refractivity contribution in [2.75, 3.05) is 5.32 Å². The lowest BCUT2D eigenvalue weighted by molar-refractivity contribution is -0.131. The molecule has 4 nitrogen and oxygen atoms in total. The van der Waals surface area contributed by atoms with Gasteiger partial charge < -0.3 is 10.4 Å². The summed E-state index contributed by atoms with van der Waals surface area (Å²) >= 11 is 11.3. The van der Waals surface area contributed by atoms with Crippen molar-refractivity contribution in [3.8, 4) is 0 Å². The maximum atomic E-state index is 12.8. The number of carboxylic acid groups (broad SMARTS) is 1. The fraction of sp³-hybridized carbons (Fsp3) is 0. The number of benzene rings is 1. The summed E-state index contributed by atoms with van der Waals surface area (Å²) < 4.78 is 12.8. The Kier molecular flexibility index (Phi) is 4.48. The van der Waals surface area contributed by atoms with Gasteiger partial charge in [0.1, 0.15) is 5.82 Å². The lowest BCUT2D eigenvalue weighted by Gasteiger charge is -2.07. The second kappa shape index (κ2) is 5.65. The molecule has 0 unspecified atom stereocenters. The zero-order valence-electron chi connectivity index (χ0n) is 8.21. The van der Waals surface area contributed by atoms with Crippen LogP contribution in [0.25, 0.3) is 0 Å². The predicted molar refractivity (Wildman–Crippen MR) is 61.8 cm³/mol. The molecule has 1 amide bonds. The number of amides is 1. The number of carboxylic acids is 1. The molecule has 1 rings (SSSR count). The molecule has 0 aliphatic heterocycles. The van der Waals surface area contributed by atoms with Crippen molar-refractivity contribution < 1.29 is 19.1 Å². The zero-order chi connectivity index (χ0) is 13.0. The number of anilines is 1. The predicted octanol–water partition coefficient (Wildman–Crippen LogP) is 2.71. The first kappa shape index (κ1) is 13.5. The molecule has 0 atom stereocenters. The Bertz CT molecular complexity index is 479. The van der Waals surface area contributed by atoms with E-state index >= 15 is 0 Å². The third kappa shape index (κ3) is 4.05. The van der Waals surface area contributed by atoms with E-state index in [9.17, 15) is 14.0 Å². The molecule has 0 spiro atoms. The Morgan fingerprint density at radius 2 is 1.76 bits per heavy atom. The number of hydrogen-bond donors (Lipinski definition) is 2. The van der Waals surface area contributed by atoms with Gasteiger partial charge in [0, 0.05) is 12.2 Å². The van der Waals surface area contributed by atoms with Crippen LogP contribution >= 0.6 is 23.2 Å². The zero-order valence-corrected chi connectivity index (χ0v) is 9.72. The molecule has 1 aromatic carbocycles. The SMILES string of the molecule is O=C(O)/C=C/C(=O)Nc1c(Cl)cc(F)cc1Cl. The average Bonchev–Trinajstić information content (AvgIpc) is 2.20. The minimum atomic E-state index is -1.27. The Hall–Kier alpha value is -1.59. The molecule has 0 aliphatic carbocycles. The molecule has 0 radical (unpaired) electrons. The summed E-state index contributed by atoms with van der Waals surface area (Å²) in [4.78, 5) is 21.4. The van der Waals surface area contributed by atoms with Crippen LogP contribution in [-0.4, -0.2) is 17.0 Å². The van der Waals surface area contributed by atoms with Gasteiger partial charge in [0.15, 0.2) is 0 Å². The highest BCUT2D eigenvalue weighted by Gasteiger charge is 2.10. The second-order valence-electron chi connectivity index (χ2n) is 2.91. The summed E-state index contributed by atoms with van der Waals surface area (Å²) in [5, 5.41) is 10.4.